The minimum atomic E-state index is -0.224. The van der Waals surface area contributed by atoms with Crippen LogP contribution in [0.25, 0.3) is 0 Å². The summed E-state index contributed by atoms with van der Waals surface area (Å²) in [5, 5.41) is 6.69. The van der Waals surface area contributed by atoms with Gasteiger partial charge >= 0.3 is 0 Å². The maximum Gasteiger partial charge on any atom is 0.227 e. The molecular weight excluding hydrogens is 336 g/mol. The summed E-state index contributed by atoms with van der Waals surface area (Å²) in [6, 6.07) is 0.300. The second-order valence-corrected chi connectivity index (χ2v) is 11.5. The summed E-state index contributed by atoms with van der Waals surface area (Å²) in [5.41, 5.74) is -0.138. The number of carbonyl (C=O) groups excluding carboxylic acids is 2. The van der Waals surface area contributed by atoms with Crippen LogP contribution in [0.3, 0.4) is 0 Å². The van der Waals surface area contributed by atoms with Crippen molar-refractivity contribution in [2.75, 3.05) is 0 Å². The van der Waals surface area contributed by atoms with Crippen LogP contribution in [0.2, 0.25) is 0 Å². The van der Waals surface area contributed by atoms with Gasteiger partial charge in [-0.15, -0.1) is 0 Å². The van der Waals surface area contributed by atoms with Crippen molar-refractivity contribution < 1.29 is 9.59 Å². The molecule has 152 valence electrons. The van der Waals surface area contributed by atoms with Crippen molar-refractivity contribution in [1.29, 1.82) is 0 Å². The summed E-state index contributed by atoms with van der Waals surface area (Å²) in [5.74, 6) is 1.54. The van der Waals surface area contributed by atoms with E-state index >= 15 is 0 Å². The van der Waals surface area contributed by atoms with Gasteiger partial charge in [0.05, 0.1) is 5.41 Å². The van der Waals surface area contributed by atoms with Crippen LogP contribution >= 0.6 is 0 Å². The molecule has 4 aliphatic rings. The second-order valence-electron chi connectivity index (χ2n) is 11.5. The first-order valence-electron chi connectivity index (χ1n) is 11.1. The molecule has 3 aliphatic carbocycles. The maximum atomic E-state index is 13.8. The van der Waals surface area contributed by atoms with Crippen molar-refractivity contribution >= 4 is 11.8 Å². The average Bonchev–Trinajstić information content (AvgIpc) is 2.92. The van der Waals surface area contributed by atoms with Gasteiger partial charge in [0.15, 0.2) is 0 Å². The van der Waals surface area contributed by atoms with Gasteiger partial charge in [-0.05, 0) is 88.4 Å². The molecule has 0 aromatic rings. The highest BCUT2D eigenvalue weighted by atomic mass is 16.2. The van der Waals surface area contributed by atoms with E-state index in [1.165, 1.54) is 19.3 Å². The summed E-state index contributed by atoms with van der Waals surface area (Å²) in [6.07, 6.45) is 9.52. The van der Waals surface area contributed by atoms with Gasteiger partial charge in [-0.2, -0.15) is 0 Å². The fourth-order valence-corrected chi connectivity index (χ4v) is 7.71. The molecule has 4 fully saturated rings. The summed E-state index contributed by atoms with van der Waals surface area (Å²) in [6.45, 7) is 11.1. The lowest BCUT2D eigenvalue weighted by atomic mass is 9.42. The third-order valence-corrected chi connectivity index (χ3v) is 9.03. The van der Waals surface area contributed by atoms with E-state index in [9.17, 15) is 9.59 Å². The summed E-state index contributed by atoms with van der Waals surface area (Å²) in [4.78, 5) is 25.8. The normalized spacial score (nSPS) is 46.7. The van der Waals surface area contributed by atoms with Crippen molar-refractivity contribution in [2.24, 2.45) is 28.1 Å². The molecule has 2 N–H and O–H groups in total. The predicted molar refractivity (Wildman–Crippen MR) is 107 cm³/mol. The third kappa shape index (κ3) is 2.68. The molecule has 0 aromatic heterocycles. The van der Waals surface area contributed by atoms with Crippen LogP contribution in [0, 0.1) is 28.1 Å². The molecule has 0 spiro atoms. The summed E-state index contributed by atoms with van der Waals surface area (Å²) in [7, 11) is 0. The molecule has 0 aromatic carbocycles. The Morgan fingerprint density at radius 1 is 1.04 bits per heavy atom. The second kappa shape index (κ2) is 5.97. The van der Waals surface area contributed by atoms with Crippen molar-refractivity contribution in [1.82, 2.24) is 10.6 Å². The number of hydrogen-bond donors (Lipinski definition) is 2. The lowest BCUT2D eigenvalue weighted by molar-refractivity contribution is -0.172. The molecule has 1 saturated heterocycles. The summed E-state index contributed by atoms with van der Waals surface area (Å²) < 4.78 is 0. The van der Waals surface area contributed by atoms with Gasteiger partial charge in [-0.25, -0.2) is 0 Å². The zero-order chi connectivity index (χ0) is 19.7. The van der Waals surface area contributed by atoms with Crippen molar-refractivity contribution in [3.63, 3.8) is 0 Å². The zero-order valence-electron chi connectivity index (χ0n) is 17.9. The Hall–Kier alpha value is -1.06. The minimum absolute atomic E-state index is 0.130. The van der Waals surface area contributed by atoms with Gasteiger partial charge in [0.1, 0.15) is 0 Å². The first-order valence-corrected chi connectivity index (χ1v) is 11.1. The standard InChI is InChI=1S/C23H38N2O2/c1-20(2,3)25-19(27)23-12-6-11-21(23,4)13-9-15-16(23)7-8-17-22(15,5)14-10-18(26)24-17/h15-17H,6-14H2,1-5H3,(H,24,26)(H,25,27)/t15-,16+,17+,21-,22+,23-/m0/s1. The molecule has 4 nitrogen and oxygen atoms in total. The molecule has 0 bridgehead atoms. The van der Waals surface area contributed by atoms with Gasteiger partial charge in [-0.1, -0.05) is 20.3 Å². The SMILES string of the molecule is CC(C)(C)NC(=O)[C@@]12CCC[C@@]1(C)CC[C@H]1[C@H]2CC[C@H]2NC(=O)CC[C@@]21C. The molecule has 0 radical (unpaired) electrons. The Labute approximate surface area is 164 Å². The molecule has 0 unspecified atom stereocenters. The average molecular weight is 375 g/mol. The first-order chi connectivity index (χ1) is 12.5. The Balaban J connectivity index is 1.73. The Morgan fingerprint density at radius 3 is 2.48 bits per heavy atom. The van der Waals surface area contributed by atoms with Crippen molar-refractivity contribution in [2.45, 2.75) is 104 Å². The number of nitrogens with one attached hydrogen (secondary N) is 2. The fourth-order valence-electron chi connectivity index (χ4n) is 7.71. The van der Waals surface area contributed by atoms with Crippen LogP contribution < -0.4 is 10.6 Å². The van der Waals surface area contributed by atoms with Crippen LogP contribution in [0.4, 0.5) is 0 Å². The number of fused-ring (bicyclic) bond motifs is 5. The molecule has 4 rings (SSSR count). The van der Waals surface area contributed by atoms with Gasteiger partial charge < -0.3 is 10.6 Å². The van der Waals surface area contributed by atoms with E-state index in [0.717, 1.165) is 32.1 Å². The Kier molecular flexibility index (Phi) is 4.26. The van der Waals surface area contributed by atoms with Crippen molar-refractivity contribution in [3.8, 4) is 0 Å². The number of rotatable bonds is 1. The van der Waals surface area contributed by atoms with E-state index < -0.39 is 0 Å². The van der Waals surface area contributed by atoms with E-state index in [2.05, 4.69) is 45.3 Å². The maximum absolute atomic E-state index is 13.8. The minimum Gasteiger partial charge on any atom is -0.353 e. The third-order valence-electron chi connectivity index (χ3n) is 9.03. The van der Waals surface area contributed by atoms with Crippen LogP contribution in [0.1, 0.15) is 92.4 Å². The Bertz CT molecular complexity index is 653. The number of carbonyl (C=O) groups is 2. The highest BCUT2D eigenvalue weighted by Crippen LogP contribution is 2.70. The molecule has 6 atom stereocenters. The van der Waals surface area contributed by atoms with E-state index in [0.29, 0.717) is 30.2 Å². The van der Waals surface area contributed by atoms with Gasteiger partial charge in [-0.3, -0.25) is 9.59 Å². The van der Waals surface area contributed by atoms with Gasteiger partial charge in [0.25, 0.3) is 0 Å². The van der Waals surface area contributed by atoms with Crippen LogP contribution in [-0.2, 0) is 9.59 Å². The van der Waals surface area contributed by atoms with Gasteiger partial charge in [0.2, 0.25) is 11.8 Å². The van der Waals surface area contributed by atoms with Crippen LogP contribution in [0.5, 0.6) is 0 Å². The van der Waals surface area contributed by atoms with Gasteiger partial charge in [0, 0.05) is 18.0 Å². The van der Waals surface area contributed by atoms with Crippen LogP contribution in [-0.4, -0.2) is 23.4 Å². The molecule has 1 heterocycles. The predicted octanol–water partition coefficient (Wildman–Crippen LogP) is 4.18. The molecular formula is C23H38N2O2. The monoisotopic (exact) mass is 374 g/mol. The molecule has 4 heteroatoms. The van der Waals surface area contributed by atoms with Crippen LogP contribution in [0.15, 0.2) is 0 Å². The lowest BCUT2D eigenvalue weighted by Crippen LogP contribution is -2.66. The smallest absolute Gasteiger partial charge is 0.227 e. The molecule has 27 heavy (non-hydrogen) atoms. The number of amides is 2. The molecule has 1 aliphatic heterocycles. The quantitative estimate of drug-likeness (QED) is 0.723. The fraction of sp³-hybridized carbons (Fsp3) is 0.913. The topological polar surface area (TPSA) is 58.2 Å². The Morgan fingerprint density at radius 2 is 1.78 bits per heavy atom. The number of hydrogen-bond acceptors (Lipinski definition) is 2. The molecule has 3 saturated carbocycles. The van der Waals surface area contributed by atoms with Crippen molar-refractivity contribution in [3.05, 3.63) is 0 Å². The first kappa shape index (κ1) is 19.3. The summed E-state index contributed by atoms with van der Waals surface area (Å²) >= 11 is 0. The molecule has 2 amide bonds. The van der Waals surface area contributed by atoms with E-state index in [1.807, 2.05) is 0 Å². The van der Waals surface area contributed by atoms with E-state index in [1.54, 1.807) is 0 Å². The lowest BCUT2D eigenvalue weighted by Gasteiger charge is -2.63. The largest absolute Gasteiger partial charge is 0.353 e. The highest BCUT2D eigenvalue weighted by Gasteiger charge is 2.68. The van der Waals surface area contributed by atoms with E-state index in [-0.39, 0.29) is 27.7 Å². The van der Waals surface area contributed by atoms with E-state index in [4.69, 9.17) is 0 Å². The number of piperidine rings is 1. The zero-order valence-corrected chi connectivity index (χ0v) is 17.9. The highest BCUT2D eigenvalue weighted by molar-refractivity contribution is 5.85.